The Labute approximate surface area is 304 Å². The lowest BCUT2D eigenvalue weighted by atomic mass is 9.88. The van der Waals surface area contributed by atoms with Crippen LogP contribution in [0.5, 0.6) is 0 Å². The van der Waals surface area contributed by atoms with Crippen molar-refractivity contribution in [3.05, 3.63) is 179 Å². The number of rotatable bonds is 7. The Balaban J connectivity index is 1.37. The number of nitrogens with zero attached hydrogens (tertiary/aromatic N) is 2. The molecule has 0 aliphatic carbocycles. The number of oxazole rings is 2. The van der Waals surface area contributed by atoms with Crippen molar-refractivity contribution in [2.24, 2.45) is 0 Å². The molecule has 0 saturated heterocycles. The third kappa shape index (κ3) is 5.19. The average molecular weight is 691 g/mol. The fourth-order valence-electron chi connectivity index (χ4n) is 8.01. The molecule has 0 fully saturated rings. The molecule has 6 aromatic carbocycles. The summed E-state index contributed by atoms with van der Waals surface area (Å²) in [7, 11) is -2.60. The van der Waals surface area contributed by atoms with Crippen molar-refractivity contribution >= 4 is 51.8 Å². The lowest BCUT2D eigenvalue weighted by Crippen LogP contribution is -2.32. The largest absolute Gasteiger partial charge is 0.436 e. The topological polar surface area (TPSA) is 52.1 Å². The Morgan fingerprint density at radius 2 is 0.865 bits per heavy atom. The van der Waals surface area contributed by atoms with Crippen LogP contribution >= 0.6 is 0 Å². The molecule has 2 aromatic heterocycles. The van der Waals surface area contributed by atoms with Crippen LogP contribution in [0, 0.1) is 13.8 Å². The lowest BCUT2D eigenvalue weighted by Gasteiger charge is -2.31. The van der Waals surface area contributed by atoms with Crippen molar-refractivity contribution in [2.45, 2.75) is 33.4 Å². The van der Waals surface area contributed by atoms with Crippen molar-refractivity contribution in [1.82, 2.24) is 9.97 Å². The molecular weight excluding hydrogens is 653 g/mol. The predicted molar refractivity (Wildman–Crippen MR) is 217 cm³/mol. The molecule has 252 valence electrons. The van der Waals surface area contributed by atoms with Crippen LogP contribution in [0.3, 0.4) is 0 Å². The van der Waals surface area contributed by atoms with E-state index in [-0.39, 0.29) is 0 Å². The average Bonchev–Trinajstić information content (AvgIpc) is 3.87. The molecule has 0 bridgehead atoms. The van der Waals surface area contributed by atoms with E-state index >= 15 is 0 Å². The summed E-state index contributed by atoms with van der Waals surface area (Å²) >= 11 is 0. The fourth-order valence-corrected chi connectivity index (χ4v) is 12.2. The quantitative estimate of drug-likeness (QED) is 0.156. The number of hydrogen-bond donors (Lipinski definition) is 0. The second-order valence-corrected chi connectivity index (χ2v) is 18.4. The molecule has 52 heavy (non-hydrogen) atoms. The van der Waals surface area contributed by atoms with Gasteiger partial charge in [0.2, 0.25) is 11.8 Å². The molecule has 3 heterocycles. The van der Waals surface area contributed by atoms with E-state index in [1.807, 2.05) is 12.1 Å². The first-order valence-electron chi connectivity index (χ1n) is 18.0. The Morgan fingerprint density at radius 3 is 1.27 bits per heavy atom. The fraction of sp³-hybridized carbons (Fsp3) is 0.106. The summed E-state index contributed by atoms with van der Waals surface area (Å²) in [6.45, 7) is 9.08. The molecule has 0 spiro atoms. The van der Waals surface area contributed by atoms with Gasteiger partial charge in [0, 0.05) is 11.1 Å². The number of hydrogen-bond acceptors (Lipinski definition) is 4. The molecule has 0 radical (unpaired) electrons. The second-order valence-electron chi connectivity index (χ2n) is 14.0. The summed E-state index contributed by atoms with van der Waals surface area (Å²) in [6.07, 6.45) is 0. The van der Waals surface area contributed by atoms with Gasteiger partial charge in [-0.1, -0.05) is 129 Å². The van der Waals surface area contributed by atoms with E-state index < -0.39 is 8.07 Å². The molecule has 0 N–H and O–H groups in total. The first-order valence-corrected chi connectivity index (χ1v) is 20.7. The highest BCUT2D eigenvalue weighted by Gasteiger charge is 2.47. The van der Waals surface area contributed by atoms with Gasteiger partial charge in [0.05, 0.1) is 0 Å². The smallest absolute Gasteiger partial charge is 0.227 e. The highest BCUT2D eigenvalue weighted by Crippen LogP contribution is 2.58. The number of aromatic nitrogens is 2. The molecule has 5 heteroatoms. The van der Waals surface area contributed by atoms with Crippen LogP contribution in [-0.2, 0) is 0 Å². The summed E-state index contributed by atoms with van der Waals surface area (Å²) in [5, 5.41) is 2.76. The first kappa shape index (κ1) is 31.9. The maximum atomic E-state index is 6.54. The van der Waals surface area contributed by atoms with Crippen molar-refractivity contribution in [3.63, 3.8) is 0 Å². The van der Waals surface area contributed by atoms with E-state index in [9.17, 15) is 0 Å². The van der Waals surface area contributed by atoms with Gasteiger partial charge in [0.25, 0.3) is 0 Å². The molecule has 4 nitrogen and oxygen atoms in total. The van der Waals surface area contributed by atoms with Crippen LogP contribution in [-0.4, -0.2) is 18.0 Å². The maximum Gasteiger partial charge on any atom is 0.227 e. The highest BCUT2D eigenvalue weighted by molar-refractivity contribution is 7.14. The third-order valence-corrected chi connectivity index (χ3v) is 15.3. The minimum absolute atomic E-state index is 0.639. The zero-order valence-electron chi connectivity index (χ0n) is 29.8. The van der Waals surface area contributed by atoms with Gasteiger partial charge < -0.3 is 8.83 Å². The summed E-state index contributed by atoms with van der Waals surface area (Å²) in [4.78, 5) is 10.1. The molecular formula is C47H38N2O2Si. The highest BCUT2D eigenvalue weighted by atomic mass is 28.3. The van der Waals surface area contributed by atoms with E-state index in [1.165, 1.54) is 43.8 Å². The van der Waals surface area contributed by atoms with Gasteiger partial charge in [0.15, 0.2) is 11.2 Å². The zero-order valence-corrected chi connectivity index (χ0v) is 30.8. The van der Waals surface area contributed by atoms with Gasteiger partial charge in [0.1, 0.15) is 19.1 Å². The molecule has 0 saturated carbocycles. The second kappa shape index (κ2) is 12.6. The molecule has 8 aromatic rings. The molecule has 1 aliphatic heterocycles. The van der Waals surface area contributed by atoms with Gasteiger partial charge in [-0.25, -0.2) is 9.97 Å². The number of allylic oxidation sites excluding steroid dienone is 2. The zero-order chi connectivity index (χ0) is 35.4. The third-order valence-electron chi connectivity index (χ3n) is 10.6. The minimum Gasteiger partial charge on any atom is -0.436 e. The predicted octanol–water partition coefficient (Wildman–Crippen LogP) is 12.6. The van der Waals surface area contributed by atoms with Crippen molar-refractivity contribution < 1.29 is 8.83 Å². The van der Waals surface area contributed by atoms with Gasteiger partial charge in [-0.15, -0.1) is 0 Å². The number of fused-ring (bicyclic) bond motifs is 2. The van der Waals surface area contributed by atoms with Crippen LogP contribution in [0.15, 0.2) is 154 Å². The normalized spacial score (nSPS) is 14.2. The SMILES string of the molecule is CC[Si]1(C)C(c2ccccc2-c2nc3cc(C)ccc3o2)=C(c2ccccc2)C(c2ccccc2)=C1c1ccccc1-c1nc2cc(C)ccc2o1. The summed E-state index contributed by atoms with van der Waals surface area (Å²) in [5.74, 6) is 1.28. The Hall–Kier alpha value is -6.04. The summed E-state index contributed by atoms with van der Waals surface area (Å²) in [6, 6.07) is 52.6. The minimum atomic E-state index is -2.60. The standard InChI is InChI=1S/C47H38N2O2Si/c1-5-52(4)44(34-20-12-14-22-36(34)46-48-38-28-30(2)24-26-40(38)50-46)42(32-16-8-6-9-17-32)43(33-18-10-7-11-19-33)45(52)35-21-13-15-23-37(35)47-49-39-29-31(3)25-27-41(39)51-47/h6-29H,5H2,1-4H3. The van der Waals surface area contributed by atoms with E-state index in [0.29, 0.717) is 11.8 Å². The Bertz CT molecular complexity index is 2520. The van der Waals surface area contributed by atoms with Crippen LogP contribution < -0.4 is 0 Å². The Kier molecular flexibility index (Phi) is 7.74. The van der Waals surface area contributed by atoms with Crippen LogP contribution in [0.25, 0.3) is 66.6 Å². The van der Waals surface area contributed by atoms with Crippen LogP contribution in [0.4, 0.5) is 0 Å². The van der Waals surface area contributed by atoms with Gasteiger partial charge in [-0.3, -0.25) is 0 Å². The van der Waals surface area contributed by atoms with Crippen molar-refractivity contribution in [3.8, 4) is 22.9 Å². The van der Waals surface area contributed by atoms with E-state index in [2.05, 4.69) is 161 Å². The van der Waals surface area contributed by atoms with E-state index in [0.717, 1.165) is 50.5 Å². The maximum absolute atomic E-state index is 6.54. The number of benzene rings is 6. The van der Waals surface area contributed by atoms with Gasteiger partial charge in [-0.05, 0) is 105 Å². The summed E-state index contributed by atoms with van der Waals surface area (Å²) < 4.78 is 13.1. The lowest BCUT2D eigenvalue weighted by molar-refractivity contribution is 0.619. The van der Waals surface area contributed by atoms with Crippen LogP contribution in [0.2, 0.25) is 12.6 Å². The molecule has 0 unspecified atom stereocenters. The Morgan fingerprint density at radius 1 is 0.481 bits per heavy atom. The summed E-state index contributed by atoms with van der Waals surface area (Å²) in [5.41, 5.74) is 14.9. The molecule has 0 amide bonds. The van der Waals surface area contributed by atoms with Gasteiger partial charge >= 0.3 is 0 Å². The van der Waals surface area contributed by atoms with E-state index in [1.54, 1.807) is 0 Å². The first-order chi connectivity index (χ1) is 25.4. The van der Waals surface area contributed by atoms with E-state index in [4.69, 9.17) is 18.8 Å². The monoisotopic (exact) mass is 690 g/mol. The molecule has 9 rings (SSSR count). The molecule has 0 atom stereocenters. The molecule has 1 aliphatic rings. The number of aryl methyl sites for hydroxylation is 2. The van der Waals surface area contributed by atoms with Crippen LogP contribution in [0.1, 0.15) is 40.3 Å². The van der Waals surface area contributed by atoms with Gasteiger partial charge in [-0.2, -0.15) is 0 Å². The van der Waals surface area contributed by atoms with Crippen molar-refractivity contribution in [2.75, 3.05) is 0 Å². The van der Waals surface area contributed by atoms with Crippen molar-refractivity contribution in [1.29, 1.82) is 0 Å².